The Hall–Kier alpha value is -2.43. The van der Waals surface area contributed by atoms with Crippen LogP contribution >= 0.6 is 11.8 Å². The van der Waals surface area contributed by atoms with Gasteiger partial charge in [0.2, 0.25) is 10.0 Å². The first-order valence-corrected chi connectivity index (χ1v) is 15.2. The van der Waals surface area contributed by atoms with Gasteiger partial charge in [-0.05, 0) is 63.9 Å². The van der Waals surface area contributed by atoms with Gasteiger partial charge in [0.15, 0.2) is 0 Å². The summed E-state index contributed by atoms with van der Waals surface area (Å²) >= 11 is 1.26. The Morgan fingerprint density at radius 1 is 1.13 bits per heavy atom. The average Bonchev–Trinajstić information content (AvgIpc) is 3.13. The van der Waals surface area contributed by atoms with E-state index in [-0.39, 0.29) is 22.6 Å². The molecule has 2 aromatic carbocycles. The van der Waals surface area contributed by atoms with Gasteiger partial charge in [0, 0.05) is 17.0 Å². The summed E-state index contributed by atoms with van der Waals surface area (Å²) in [5.41, 5.74) is 0.519. The number of aliphatic carboxylic acids is 1. The van der Waals surface area contributed by atoms with Crippen molar-refractivity contribution >= 4 is 33.7 Å². The predicted octanol–water partition coefficient (Wildman–Crippen LogP) is 5.58. The van der Waals surface area contributed by atoms with Crippen LogP contribution < -0.4 is 0 Å². The fraction of sp³-hybridized carbons (Fsp3) is 0.500. The zero-order valence-corrected chi connectivity index (χ0v) is 24.0. The monoisotopic (exact) mass is 565 g/mol. The number of esters is 1. The number of rotatable bonds is 10. The lowest BCUT2D eigenvalue weighted by atomic mass is 9.92. The lowest BCUT2D eigenvalue weighted by molar-refractivity contribution is -0.154. The lowest BCUT2D eigenvalue weighted by Crippen LogP contribution is -2.40. The van der Waals surface area contributed by atoms with E-state index >= 15 is 0 Å². The Labute approximate surface area is 228 Å². The lowest BCUT2D eigenvalue weighted by Gasteiger charge is -2.31. The molecule has 0 saturated carbocycles. The zero-order valence-electron chi connectivity index (χ0n) is 22.4. The molecule has 1 heterocycles. The maximum absolute atomic E-state index is 14.3. The minimum absolute atomic E-state index is 0.0501. The van der Waals surface area contributed by atoms with E-state index in [1.165, 1.54) is 46.4 Å². The highest BCUT2D eigenvalue weighted by atomic mass is 32.2. The van der Waals surface area contributed by atoms with Gasteiger partial charge in [-0.25, -0.2) is 12.8 Å². The molecule has 1 aliphatic heterocycles. The van der Waals surface area contributed by atoms with Gasteiger partial charge >= 0.3 is 11.9 Å². The van der Waals surface area contributed by atoms with Crippen molar-refractivity contribution in [3.8, 4) is 0 Å². The van der Waals surface area contributed by atoms with E-state index in [2.05, 4.69) is 0 Å². The number of hydrogen-bond acceptors (Lipinski definition) is 6. The third-order valence-electron chi connectivity index (χ3n) is 6.37. The van der Waals surface area contributed by atoms with Crippen molar-refractivity contribution in [2.75, 3.05) is 5.75 Å². The number of carboxylic acid groups (broad SMARTS) is 1. The Morgan fingerprint density at radius 2 is 1.79 bits per heavy atom. The number of ether oxygens (including phenoxy) is 1. The van der Waals surface area contributed by atoms with Crippen molar-refractivity contribution in [2.45, 2.75) is 81.7 Å². The van der Waals surface area contributed by atoms with Gasteiger partial charge in [0.25, 0.3) is 0 Å². The van der Waals surface area contributed by atoms with Crippen LogP contribution in [0.25, 0.3) is 0 Å². The quantitative estimate of drug-likeness (QED) is 0.375. The van der Waals surface area contributed by atoms with Gasteiger partial charge in [-0.1, -0.05) is 43.2 Å². The highest BCUT2D eigenvalue weighted by Gasteiger charge is 2.57. The Kier molecular flexibility index (Phi) is 9.65. The molecule has 1 N–H and O–H groups in total. The van der Waals surface area contributed by atoms with Crippen LogP contribution in [0.15, 0.2) is 53.4 Å². The summed E-state index contributed by atoms with van der Waals surface area (Å²) in [5.74, 6) is -3.05. The second kappa shape index (κ2) is 12.2. The number of benzene rings is 2. The van der Waals surface area contributed by atoms with Crippen LogP contribution in [0.2, 0.25) is 0 Å². The first-order valence-electron chi connectivity index (χ1n) is 12.7. The molecule has 3 rings (SSSR count). The van der Waals surface area contributed by atoms with Gasteiger partial charge < -0.3 is 9.84 Å². The molecule has 0 bridgehead atoms. The predicted molar refractivity (Wildman–Crippen MR) is 146 cm³/mol. The van der Waals surface area contributed by atoms with Crippen molar-refractivity contribution < 1.29 is 32.2 Å². The smallest absolute Gasteiger partial charge is 0.309 e. The summed E-state index contributed by atoms with van der Waals surface area (Å²) in [6, 6.07) is 10.1. The van der Waals surface area contributed by atoms with Gasteiger partial charge in [0.05, 0.1) is 23.3 Å². The van der Waals surface area contributed by atoms with Crippen LogP contribution in [-0.2, 0) is 24.3 Å². The summed E-state index contributed by atoms with van der Waals surface area (Å²) in [6.45, 7) is 9.06. The van der Waals surface area contributed by atoms with E-state index in [4.69, 9.17) is 4.74 Å². The van der Waals surface area contributed by atoms with E-state index < -0.39 is 56.6 Å². The molecule has 2 aromatic rings. The molecular formula is C28H36FNO6S2. The molecule has 4 atom stereocenters. The maximum atomic E-state index is 14.3. The summed E-state index contributed by atoms with van der Waals surface area (Å²) in [4.78, 5) is 25.1. The van der Waals surface area contributed by atoms with Crippen molar-refractivity contribution in [1.29, 1.82) is 0 Å². The highest BCUT2D eigenvalue weighted by molar-refractivity contribution is 8.00. The van der Waals surface area contributed by atoms with E-state index in [1.807, 2.05) is 13.8 Å². The fourth-order valence-corrected chi connectivity index (χ4v) is 8.35. The Balaban J connectivity index is 2.08. The van der Waals surface area contributed by atoms with Crippen molar-refractivity contribution in [3.05, 3.63) is 65.5 Å². The molecule has 208 valence electrons. The molecule has 0 spiro atoms. The SMILES string of the molecule is CCC[C@@H]1[C@@H](SCCC(=O)OC(C)(C)C)[C@@H](C(=O)O)[C@H](c2cccc(F)c2)N1S(=O)(=O)c1ccc(C)cc1. The van der Waals surface area contributed by atoms with Crippen molar-refractivity contribution in [2.24, 2.45) is 5.92 Å². The summed E-state index contributed by atoms with van der Waals surface area (Å²) < 4.78 is 49.2. The Morgan fingerprint density at radius 3 is 2.34 bits per heavy atom. The van der Waals surface area contributed by atoms with Gasteiger partial charge in [-0.3, -0.25) is 9.59 Å². The summed E-state index contributed by atoms with van der Waals surface area (Å²) in [6.07, 6.45) is 1.07. The molecule has 1 aliphatic rings. The number of nitrogens with zero attached hydrogens (tertiary/aromatic N) is 1. The van der Waals surface area contributed by atoms with Crippen LogP contribution in [0.1, 0.15) is 64.1 Å². The largest absolute Gasteiger partial charge is 0.481 e. The molecule has 1 fully saturated rings. The normalized spacial score (nSPS) is 22.4. The number of aryl methyl sites for hydroxylation is 1. The molecule has 7 nitrogen and oxygen atoms in total. The second-order valence-electron chi connectivity index (χ2n) is 10.5. The number of carboxylic acids is 1. The van der Waals surface area contributed by atoms with Gasteiger partial charge in [-0.2, -0.15) is 16.1 Å². The number of hydrogen-bond donors (Lipinski definition) is 1. The van der Waals surface area contributed by atoms with Crippen LogP contribution in [0.5, 0.6) is 0 Å². The van der Waals surface area contributed by atoms with Crippen LogP contribution in [0.3, 0.4) is 0 Å². The number of carbonyl (C=O) groups excluding carboxylic acids is 1. The molecular weight excluding hydrogens is 529 g/mol. The number of carbonyl (C=O) groups is 2. The molecule has 0 radical (unpaired) electrons. The molecule has 1 saturated heterocycles. The first kappa shape index (κ1) is 30.1. The number of halogens is 1. The number of sulfonamides is 1. The van der Waals surface area contributed by atoms with Crippen molar-refractivity contribution in [1.82, 2.24) is 4.31 Å². The highest BCUT2D eigenvalue weighted by Crippen LogP contribution is 2.50. The second-order valence-corrected chi connectivity index (χ2v) is 13.7. The molecule has 0 unspecified atom stereocenters. The van der Waals surface area contributed by atoms with E-state index in [0.29, 0.717) is 12.8 Å². The maximum Gasteiger partial charge on any atom is 0.309 e. The van der Waals surface area contributed by atoms with E-state index in [1.54, 1.807) is 39.0 Å². The average molecular weight is 566 g/mol. The van der Waals surface area contributed by atoms with Gasteiger partial charge in [-0.15, -0.1) is 0 Å². The topological polar surface area (TPSA) is 101 Å². The molecule has 0 aromatic heterocycles. The number of thioether (sulfide) groups is 1. The summed E-state index contributed by atoms with van der Waals surface area (Å²) in [5, 5.41) is 9.74. The van der Waals surface area contributed by atoms with Crippen molar-refractivity contribution in [3.63, 3.8) is 0 Å². The zero-order chi connectivity index (χ0) is 28.3. The molecule has 0 aliphatic carbocycles. The first-order chi connectivity index (χ1) is 17.8. The summed E-state index contributed by atoms with van der Waals surface area (Å²) in [7, 11) is -4.16. The van der Waals surface area contributed by atoms with Crippen LogP contribution in [0, 0.1) is 18.7 Å². The van der Waals surface area contributed by atoms with E-state index in [9.17, 15) is 27.5 Å². The minimum atomic E-state index is -4.16. The molecule has 0 amide bonds. The molecule has 10 heteroatoms. The van der Waals surface area contributed by atoms with Crippen LogP contribution in [-0.4, -0.2) is 52.4 Å². The third kappa shape index (κ3) is 6.95. The minimum Gasteiger partial charge on any atom is -0.481 e. The third-order valence-corrected chi connectivity index (χ3v) is 9.72. The molecule has 38 heavy (non-hydrogen) atoms. The van der Waals surface area contributed by atoms with Crippen LogP contribution in [0.4, 0.5) is 4.39 Å². The fourth-order valence-electron chi connectivity index (χ4n) is 4.88. The Bertz CT molecular complexity index is 1240. The standard InChI is InChI=1S/C28H36FNO6S2/c1-6-8-22-26(37-16-15-23(31)36-28(3,4)5)24(27(32)33)25(19-9-7-10-20(29)17-19)30(22)38(34,35)21-13-11-18(2)12-14-21/h7,9-14,17,22,24-26H,6,8,15-16H2,1-5H3,(H,32,33)/t22-,24+,25+,26-/m1/s1. The van der Waals surface area contributed by atoms with E-state index in [0.717, 1.165) is 5.56 Å². The van der Waals surface area contributed by atoms with Gasteiger partial charge in [0.1, 0.15) is 11.4 Å².